The molecule has 6 nitrogen and oxygen atoms in total. The van der Waals surface area contributed by atoms with E-state index in [4.69, 9.17) is 0 Å². The molecule has 0 unspecified atom stereocenters. The Morgan fingerprint density at radius 1 is 1.26 bits per heavy atom. The monoisotopic (exact) mass is 383 g/mol. The smallest absolute Gasteiger partial charge is 0.274 e. The van der Waals surface area contributed by atoms with E-state index in [1.807, 2.05) is 56.9 Å². The van der Waals surface area contributed by atoms with Crippen LogP contribution in [0.1, 0.15) is 54.3 Å². The van der Waals surface area contributed by atoms with E-state index in [1.165, 1.54) is 0 Å². The predicted molar refractivity (Wildman–Crippen MR) is 110 cm³/mol. The Balaban J connectivity index is 0.00000102. The average molecular weight is 384 g/mol. The number of rotatable bonds is 4. The van der Waals surface area contributed by atoms with Gasteiger partial charge in [0.25, 0.3) is 5.91 Å². The fourth-order valence-corrected chi connectivity index (χ4v) is 3.76. The van der Waals surface area contributed by atoms with Crippen molar-refractivity contribution in [1.82, 2.24) is 19.9 Å². The number of amides is 1. The molecule has 0 saturated carbocycles. The number of carbonyl (C=O) groups excluding carboxylic acids is 1. The van der Waals surface area contributed by atoms with Crippen molar-refractivity contribution in [3.8, 4) is 0 Å². The number of hydrogen-bond acceptors (Lipinski definition) is 6. The highest BCUT2D eigenvalue weighted by atomic mass is 32.1. The molecule has 1 atom stereocenters. The van der Waals surface area contributed by atoms with Crippen LogP contribution in [0.3, 0.4) is 0 Å². The molecule has 0 bridgehead atoms. The van der Waals surface area contributed by atoms with Crippen LogP contribution in [-0.4, -0.2) is 38.8 Å². The first-order valence-corrected chi connectivity index (χ1v) is 10.2. The first kappa shape index (κ1) is 19.2. The molecule has 142 valence electrons. The molecular formula is C20H25N5OS. The summed E-state index contributed by atoms with van der Waals surface area (Å²) < 4.78 is 0.866. The predicted octanol–water partition coefficient (Wildman–Crippen LogP) is 4.44. The number of hydrogen-bond donors (Lipinski definition) is 1. The number of pyridine rings is 1. The summed E-state index contributed by atoms with van der Waals surface area (Å²) in [5.74, 6) is 0.460. The summed E-state index contributed by atoms with van der Waals surface area (Å²) in [6.07, 6.45) is 2.82. The van der Waals surface area contributed by atoms with Gasteiger partial charge in [-0.2, -0.15) is 0 Å². The van der Waals surface area contributed by atoms with Crippen molar-refractivity contribution in [2.75, 3.05) is 18.4 Å². The lowest BCUT2D eigenvalue weighted by molar-refractivity contribution is 0.0648. The zero-order valence-corrected chi connectivity index (χ0v) is 17.0. The number of anilines is 1. The number of aryl methyl sites for hydroxylation is 1. The summed E-state index contributed by atoms with van der Waals surface area (Å²) >= 11 is 1.57. The second-order valence-corrected chi connectivity index (χ2v) is 7.49. The van der Waals surface area contributed by atoms with Crippen molar-refractivity contribution in [1.29, 1.82) is 0 Å². The third kappa shape index (κ3) is 4.08. The van der Waals surface area contributed by atoms with Crippen molar-refractivity contribution < 1.29 is 4.79 Å². The minimum absolute atomic E-state index is 0.00552. The summed E-state index contributed by atoms with van der Waals surface area (Å²) in [7, 11) is 0. The molecule has 1 aliphatic rings. The number of carbonyl (C=O) groups is 1. The molecule has 7 heteroatoms. The molecule has 4 heterocycles. The lowest BCUT2D eigenvalue weighted by atomic mass is 10.2. The molecule has 0 spiro atoms. The van der Waals surface area contributed by atoms with Gasteiger partial charge in [-0.1, -0.05) is 19.9 Å². The Hall–Kier alpha value is -2.54. The standard InChI is InChI=1S/C18H19N5OS.C2H6/c1-11-10-14-16(25-11)15(17(24)23-8-5-9-23)22-18(21-14)20-12(2)13-6-3-4-7-19-13;1-2/h3-4,6-7,10,12H,5,8-9H2,1-2H3,(H,20,21,22);1-2H3/t12-;/m0./s1. The summed E-state index contributed by atoms with van der Waals surface area (Å²) in [4.78, 5) is 29.2. The van der Waals surface area contributed by atoms with Crippen molar-refractivity contribution in [3.05, 3.63) is 46.7 Å². The van der Waals surface area contributed by atoms with E-state index in [0.29, 0.717) is 11.6 Å². The molecule has 1 N–H and O–H groups in total. The molecule has 1 fully saturated rings. The molecule has 1 amide bonds. The molecule has 4 rings (SSSR count). The molecule has 27 heavy (non-hydrogen) atoms. The zero-order valence-electron chi connectivity index (χ0n) is 16.2. The fourth-order valence-electron chi connectivity index (χ4n) is 2.83. The highest BCUT2D eigenvalue weighted by molar-refractivity contribution is 7.19. The van der Waals surface area contributed by atoms with Gasteiger partial charge < -0.3 is 10.2 Å². The van der Waals surface area contributed by atoms with Crippen molar-refractivity contribution in [2.24, 2.45) is 0 Å². The fraction of sp³-hybridized carbons (Fsp3) is 0.400. The SMILES string of the molecule is CC.Cc1cc2nc(N[C@@H](C)c3ccccn3)nc(C(=O)N3CCC3)c2s1. The number of thiophene rings is 1. The number of fused-ring (bicyclic) bond motifs is 1. The first-order chi connectivity index (χ1) is 13.1. The van der Waals surface area contributed by atoms with Crippen LogP contribution in [0.5, 0.6) is 0 Å². The van der Waals surface area contributed by atoms with Gasteiger partial charge >= 0.3 is 0 Å². The molecule has 3 aromatic rings. The summed E-state index contributed by atoms with van der Waals surface area (Å²) in [6, 6.07) is 7.75. The number of nitrogens with zero attached hydrogens (tertiary/aromatic N) is 4. The highest BCUT2D eigenvalue weighted by Gasteiger charge is 2.26. The Bertz CT molecular complexity index is 921. The van der Waals surface area contributed by atoms with E-state index >= 15 is 0 Å². The van der Waals surface area contributed by atoms with E-state index in [-0.39, 0.29) is 11.9 Å². The van der Waals surface area contributed by atoms with E-state index in [2.05, 4.69) is 20.3 Å². The second-order valence-electron chi connectivity index (χ2n) is 6.23. The van der Waals surface area contributed by atoms with Gasteiger partial charge in [-0.05, 0) is 38.5 Å². The molecular weight excluding hydrogens is 358 g/mol. The second kappa shape index (κ2) is 8.43. The largest absolute Gasteiger partial charge is 0.346 e. The average Bonchev–Trinajstić information content (AvgIpc) is 3.02. The Morgan fingerprint density at radius 2 is 2.04 bits per heavy atom. The minimum atomic E-state index is -0.0506. The van der Waals surface area contributed by atoms with Crippen LogP contribution >= 0.6 is 11.3 Å². The van der Waals surface area contributed by atoms with Crippen molar-refractivity contribution in [3.63, 3.8) is 0 Å². The van der Waals surface area contributed by atoms with Gasteiger partial charge in [-0.15, -0.1) is 11.3 Å². The van der Waals surface area contributed by atoms with E-state index < -0.39 is 0 Å². The third-order valence-electron chi connectivity index (χ3n) is 4.32. The third-order valence-corrected chi connectivity index (χ3v) is 5.36. The maximum Gasteiger partial charge on any atom is 0.274 e. The van der Waals surface area contributed by atoms with Crippen LogP contribution in [0.15, 0.2) is 30.5 Å². The van der Waals surface area contributed by atoms with Crippen molar-refractivity contribution in [2.45, 2.75) is 40.2 Å². The van der Waals surface area contributed by atoms with Crippen LogP contribution in [0.2, 0.25) is 0 Å². The maximum absolute atomic E-state index is 12.8. The minimum Gasteiger partial charge on any atom is -0.346 e. The van der Waals surface area contributed by atoms with Crippen LogP contribution in [0.4, 0.5) is 5.95 Å². The number of likely N-dealkylation sites (tertiary alicyclic amines) is 1. The zero-order chi connectivity index (χ0) is 19.4. The van der Waals surface area contributed by atoms with Crippen LogP contribution in [0, 0.1) is 6.92 Å². The number of aromatic nitrogens is 3. The molecule has 1 aliphatic heterocycles. The van der Waals surface area contributed by atoms with E-state index in [1.54, 1.807) is 17.5 Å². The highest BCUT2D eigenvalue weighted by Crippen LogP contribution is 2.29. The summed E-state index contributed by atoms with van der Waals surface area (Å²) in [5.41, 5.74) is 2.22. The summed E-state index contributed by atoms with van der Waals surface area (Å²) in [6.45, 7) is 9.64. The topological polar surface area (TPSA) is 71.0 Å². The van der Waals surface area contributed by atoms with Gasteiger partial charge in [0.1, 0.15) is 0 Å². The van der Waals surface area contributed by atoms with Crippen LogP contribution < -0.4 is 5.32 Å². The summed E-state index contributed by atoms with van der Waals surface area (Å²) in [5, 5.41) is 3.28. The quantitative estimate of drug-likeness (QED) is 0.721. The lowest BCUT2D eigenvalue weighted by Crippen LogP contribution is -2.42. The molecule has 0 aromatic carbocycles. The van der Waals surface area contributed by atoms with E-state index in [0.717, 1.165) is 40.3 Å². The Labute approximate surface area is 163 Å². The van der Waals surface area contributed by atoms with Crippen LogP contribution in [0.25, 0.3) is 10.2 Å². The molecule has 0 radical (unpaired) electrons. The van der Waals surface area contributed by atoms with Gasteiger partial charge in [-0.25, -0.2) is 9.97 Å². The Morgan fingerprint density at radius 3 is 2.67 bits per heavy atom. The van der Waals surface area contributed by atoms with Crippen LogP contribution in [-0.2, 0) is 0 Å². The first-order valence-electron chi connectivity index (χ1n) is 9.37. The number of nitrogens with one attached hydrogen (secondary N) is 1. The molecule has 0 aliphatic carbocycles. The van der Waals surface area contributed by atoms with Gasteiger partial charge in [-0.3, -0.25) is 9.78 Å². The van der Waals surface area contributed by atoms with Gasteiger partial charge in [0.15, 0.2) is 5.69 Å². The van der Waals surface area contributed by atoms with E-state index in [9.17, 15) is 4.79 Å². The molecule has 3 aromatic heterocycles. The lowest BCUT2D eigenvalue weighted by Gasteiger charge is -2.30. The van der Waals surface area contributed by atoms with Gasteiger partial charge in [0.2, 0.25) is 5.95 Å². The van der Waals surface area contributed by atoms with Gasteiger partial charge in [0, 0.05) is 24.2 Å². The van der Waals surface area contributed by atoms with Crippen molar-refractivity contribution >= 4 is 33.4 Å². The van der Waals surface area contributed by atoms with Gasteiger partial charge in [0.05, 0.1) is 22.0 Å². The normalized spacial score (nSPS) is 14.1. The maximum atomic E-state index is 12.8. The molecule has 1 saturated heterocycles. The Kier molecular flexibility index (Phi) is 6.01.